The van der Waals surface area contributed by atoms with E-state index < -0.39 is 17.1 Å². The molecule has 0 heterocycles. The van der Waals surface area contributed by atoms with Crippen molar-refractivity contribution in [1.82, 2.24) is 0 Å². The van der Waals surface area contributed by atoms with E-state index in [0.717, 1.165) is 11.3 Å². The van der Waals surface area contributed by atoms with E-state index >= 15 is 0 Å². The molecule has 1 aromatic carbocycles. The average Bonchev–Trinajstić information content (AvgIpc) is 2.37. The van der Waals surface area contributed by atoms with Crippen molar-refractivity contribution in [3.05, 3.63) is 35.9 Å². The third kappa shape index (κ3) is 6.00. The molecular weight excluding hydrogens is 266 g/mol. The Hall–Kier alpha value is -1.81. The van der Waals surface area contributed by atoms with Gasteiger partial charge in [-0.1, -0.05) is 24.3 Å². The number of hydrogen-bond donors (Lipinski definition) is 1. The maximum Gasteiger partial charge on any atom is 0.326 e. The second-order valence-electron chi connectivity index (χ2n) is 6.30. The third-order valence-electron chi connectivity index (χ3n) is 2.83. The van der Waals surface area contributed by atoms with Gasteiger partial charge in [0.2, 0.25) is 0 Å². The molecule has 1 rings (SSSR count). The molecule has 0 unspecified atom stereocenters. The molecule has 0 saturated carbocycles. The standard InChI is InChI=1S/C17H25NO3/c1-16(2,3)21-15(19)17(4,18)12-6-7-13-8-10-14(20-5)11-9-13/h6-11H,12,18H2,1-5H3/b7-6+/t17-/m0/s1. The number of ether oxygens (including phenoxy) is 2. The van der Waals surface area contributed by atoms with Crippen molar-refractivity contribution >= 4 is 12.0 Å². The first-order valence-corrected chi connectivity index (χ1v) is 6.97. The maximum absolute atomic E-state index is 12.0. The number of nitrogens with two attached hydrogens (primary N) is 1. The topological polar surface area (TPSA) is 61.5 Å². The normalized spacial score (nSPS) is 14.8. The number of esters is 1. The number of hydrogen-bond acceptors (Lipinski definition) is 4. The molecule has 116 valence electrons. The molecule has 1 aromatic rings. The Morgan fingerprint density at radius 1 is 1.19 bits per heavy atom. The van der Waals surface area contributed by atoms with Gasteiger partial charge in [0.05, 0.1) is 7.11 Å². The van der Waals surface area contributed by atoms with Gasteiger partial charge in [-0.3, -0.25) is 4.79 Å². The summed E-state index contributed by atoms with van der Waals surface area (Å²) in [5.41, 5.74) is 5.49. The molecule has 4 nitrogen and oxygen atoms in total. The summed E-state index contributed by atoms with van der Waals surface area (Å²) in [6.07, 6.45) is 4.22. The second kappa shape index (κ2) is 6.76. The molecule has 0 aliphatic rings. The molecule has 0 radical (unpaired) electrons. The molecule has 0 aliphatic heterocycles. The quantitative estimate of drug-likeness (QED) is 0.846. The van der Waals surface area contributed by atoms with Crippen molar-refractivity contribution < 1.29 is 14.3 Å². The van der Waals surface area contributed by atoms with Crippen molar-refractivity contribution in [3.8, 4) is 5.75 Å². The van der Waals surface area contributed by atoms with Crippen LogP contribution in [0.2, 0.25) is 0 Å². The summed E-state index contributed by atoms with van der Waals surface area (Å²) in [6, 6.07) is 7.65. The number of benzene rings is 1. The van der Waals surface area contributed by atoms with E-state index in [1.165, 1.54) is 0 Å². The SMILES string of the molecule is COc1ccc(/C=C/C[C@](C)(N)C(=O)OC(C)(C)C)cc1. The number of carbonyl (C=O) groups is 1. The molecule has 0 amide bonds. The zero-order chi connectivity index (χ0) is 16.1. The first-order valence-electron chi connectivity index (χ1n) is 6.97. The Kier molecular flexibility index (Phi) is 5.55. The van der Waals surface area contributed by atoms with Gasteiger partial charge in [-0.15, -0.1) is 0 Å². The van der Waals surface area contributed by atoms with Crippen molar-refractivity contribution in [3.63, 3.8) is 0 Å². The highest BCUT2D eigenvalue weighted by Gasteiger charge is 2.31. The Morgan fingerprint density at radius 3 is 2.24 bits per heavy atom. The summed E-state index contributed by atoms with van der Waals surface area (Å²) >= 11 is 0. The van der Waals surface area contributed by atoms with Gasteiger partial charge in [-0.05, 0) is 51.8 Å². The summed E-state index contributed by atoms with van der Waals surface area (Å²) in [4.78, 5) is 12.0. The van der Waals surface area contributed by atoms with Crippen LogP contribution in [0.3, 0.4) is 0 Å². The number of rotatable bonds is 5. The molecule has 21 heavy (non-hydrogen) atoms. The molecule has 0 bridgehead atoms. The van der Waals surface area contributed by atoms with Crippen molar-refractivity contribution in [2.75, 3.05) is 7.11 Å². The van der Waals surface area contributed by atoms with Gasteiger partial charge >= 0.3 is 5.97 Å². The van der Waals surface area contributed by atoms with Crippen LogP contribution >= 0.6 is 0 Å². The van der Waals surface area contributed by atoms with Crippen LogP contribution in [0, 0.1) is 0 Å². The van der Waals surface area contributed by atoms with E-state index in [4.69, 9.17) is 15.2 Å². The summed E-state index contributed by atoms with van der Waals surface area (Å²) in [5, 5.41) is 0. The summed E-state index contributed by atoms with van der Waals surface area (Å²) in [6.45, 7) is 7.16. The molecule has 1 atom stereocenters. The van der Waals surface area contributed by atoms with Crippen LogP contribution in [0.15, 0.2) is 30.3 Å². The Morgan fingerprint density at radius 2 is 1.76 bits per heavy atom. The van der Waals surface area contributed by atoms with Crippen LogP contribution in [0.4, 0.5) is 0 Å². The largest absolute Gasteiger partial charge is 0.497 e. The lowest BCUT2D eigenvalue weighted by atomic mass is 9.98. The Labute approximate surface area is 126 Å². The van der Waals surface area contributed by atoms with Gasteiger partial charge in [-0.2, -0.15) is 0 Å². The molecule has 0 aliphatic carbocycles. The van der Waals surface area contributed by atoms with Gasteiger partial charge in [0.1, 0.15) is 16.9 Å². The monoisotopic (exact) mass is 291 g/mol. The fraction of sp³-hybridized carbons (Fsp3) is 0.471. The van der Waals surface area contributed by atoms with E-state index in [9.17, 15) is 4.79 Å². The predicted octanol–water partition coefficient (Wildman–Crippen LogP) is 3.16. The van der Waals surface area contributed by atoms with Crippen molar-refractivity contribution in [1.29, 1.82) is 0 Å². The van der Waals surface area contributed by atoms with Crippen LogP contribution in [0.5, 0.6) is 5.75 Å². The lowest BCUT2D eigenvalue weighted by molar-refractivity contribution is -0.160. The third-order valence-corrected chi connectivity index (χ3v) is 2.83. The molecule has 0 fully saturated rings. The Bertz CT molecular complexity index is 496. The highest BCUT2D eigenvalue weighted by Crippen LogP contribution is 2.17. The first kappa shape index (κ1) is 17.2. The van der Waals surface area contributed by atoms with Crippen LogP contribution in [0.1, 0.15) is 39.7 Å². The first-order chi connectivity index (χ1) is 9.64. The minimum absolute atomic E-state index is 0.394. The lowest BCUT2D eigenvalue weighted by Gasteiger charge is -2.27. The fourth-order valence-electron chi connectivity index (χ4n) is 1.63. The van der Waals surface area contributed by atoms with Gasteiger partial charge in [0.25, 0.3) is 0 Å². The number of methoxy groups -OCH3 is 1. The highest BCUT2D eigenvalue weighted by atomic mass is 16.6. The van der Waals surface area contributed by atoms with E-state index in [1.54, 1.807) is 14.0 Å². The molecule has 0 saturated heterocycles. The number of carbonyl (C=O) groups excluding carboxylic acids is 1. The summed E-state index contributed by atoms with van der Waals surface area (Å²) in [7, 11) is 1.63. The van der Waals surface area contributed by atoms with Crippen molar-refractivity contribution in [2.45, 2.75) is 45.3 Å². The molecule has 0 aromatic heterocycles. The van der Waals surface area contributed by atoms with Crippen molar-refractivity contribution in [2.24, 2.45) is 5.73 Å². The summed E-state index contributed by atoms with van der Waals surface area (Å²) in [5.74, 6) is 0.416. The highest BCUT2D eigenvalue weighted by molar-refractivity contribution is 5.80. The molecule has 2 N–H and O–H groups in total. The van der Waals surface area contributed by atoms with Gasteiger partial charge < -0.3 is 15.2 Å². The van der Waals surface area contributed by atoms with Gasteiger partial charge in [0, 0.05) is 0 Å². The summed E-state index contributed by atoms with van der Waals surface area (Å²) < 4.78 is 10.4. The zero-order valence-corrected chi connectivity index (χ0v) is 13.5. The van der Waals surface area contributed by atoms with E-state index in [-0.39, 0.29) is 0 Å². The molecule has 4 heteroatoms. The minimum Gasteiger partial charge on any atom is -0.497 e. The zero-order valence-electron chi connectivity index (χ0n) is 13.5. The second-order valence-corrected chi connectivity index (χ2v) is 6.30. The van der Waals surface area contributed by atoms with Gasteiger partial charge in [0.15, 0.2) is 0 Å². The maximum atomic E-state index is 12.0. The average molecular weight is 291 g/mol. The smallest absolute Gasteiger partial charge is 0.326 e. The predicted molar refractivity (Wildman–Crippen MR) is 85.1 cm³/mol. The molecular formula is C17H25NO3. The van der Waals surface area contributed by atoms with Gasteiger partial charge in [-0.25, -0.2) is 0 Å². The van der Waals surface area contributed by atoms with Crippen LogP contribution in [-0.4, -0.2) is 24.2 Å². The minimum atomic E-state index is -1.03. The van der Waals surface area contributed by atoms with E-state index in [0.29, 0.717) is 6.42 Å². The fourth-order valence-corrected chi connectivity index (χ4v) is 1.63. The van der Waals surface area contributed by atoms with E-state index in [2.05, 4.69) is 0 Å². The van der Waals surface area contributed by atoms with Crippen LogP contribution in [-0.2, 0) is 9.53 Å². The Balaban J connectivity index is 2.62. The van der Waals surface area contributed by atoms with Crippen LogP contribution in [0.25, 0.3) is 6.08 Å². The lowest BCUT2D eigenvalue weighted by Crippen LogP contribution is -2.48. The van der Waals surface area contributed by atoms with Crippen LogP contribution < -0.4 is 10.5 Å². The molecule has 0 spiro atoms. The van der Waals surface area contributed by atoms with E-state index in [1.807, 2.05) is 57.2 Å².